The first-order valence-electron chi connectivity index (χ1n) is 7.37. The van der Waals surface area contributed by atoms with Gasteiger partial charge < -0.3 is 5.32 Å². The van der Waals surface area contributed by atoms with Gasteiger partial charge in [-0.3, -0.25) is 10.3 Å². The summed E-state index contributed by atoms with van der Waals surface area (Å²) in [6.45, 7) is 0. The van der Waals surface area contributed by atoms with Gasteiger partial charge in [0.05, 0.1) is 5.56 Å². The predicted molar refractivity (Wildman–Crippen MR) is 91.0 cm³/mol. The van der Waals surface area contributed by atoms with Crippen molar-refractivity contribution in [1.82, 2.24) is 15.2 Å². The Hall–Kier alpha value is -3.01. The molecule has 0 saturated carbocycles. The number of amides is 2. The standard InChI is InChI=1S/C16H12F3N5OS/c17-16(18,19)11-2-1-3-12(9-11)21-14(25)22-15-24-23-13(26-15)8-10-4-6-20-7-5-10/h1-7,9H,8H2,(H2,21,22,24,25). The number of pyridine rings is 1. The Morgan fingerprint density at radius 3 is 2.58 bits per heavy atom. The molecule has 2 amide bonds. The Morgan fingerprint density at radius 1 is 1.08 bits per heavy atom. The molecule has 0 saturated heterocycles. The number of aromatic nitrogens is 3. The number of nitrogens with zero attached hydrogens (tertiary/aromatic N) is 3. The Kier molecular flexibility index (Phi) is 5.12. The zero-order valence-electron chi connectivity index (χ0n) is 13.1. The van der Waals surface area contributed by atoms with Gasteiger partial charge in [-0.2, -0.15) is 13.2 Å². The molecule has 0 unspecified atom stereocenters. The lowest BCUT2D eigenvalue weighted by atomic mass is 10.2. The molecule has 0 bridgehead atoms. The number of carbonyl (C=O) groups is 1. The van der Waals surface area contributed by atoms with E-state index < -0.39 is 17.8 Å². The zero-order chi connectivity index (χ0) is 18.6. The SMILES string of the molecule is O=C(Nc1cccc(C(F)(F)F)c1)Nc1nnc(Cc2ccncc2)s1. The van der Waals surface area contributed by atoms with Crippen LogP contribution in [0.5, 0.6) is 0 Å². The van der Waals surface area contributed by atoms with Gasteiger partial charge in [-0.25, -0.2) is 4.79 Å². The third kappa shape index (κ3) is 4.76. The molecule has 0 aliphatic rings. The van der Waals surface area contributed by atoms with E-state index in [0.29, 0.717) is 11.4 Å². The number of anilines is 2. The molecule has 0 spiro atoms. The van der Waals surface area contributed by atoms with Crippen LogP contribution in [0.25, 0.3) is 0 Å². The lowest BCUT2D eigenvalue weighted by Gasteiger charge is -2.09. The first kappa shape index (κ1) is 17.8. The van der Waals surface area contributed by atoms with Crippen molar-refractivity contribution in [1.29, 1.82) is 0 Å². The van der Waals surface area contributed by atoms with Crippen LogP contribution in [0.2, 0.25) is 0 Å². The van der Waals surface area contributed by atoms with Crippen molar-refractivity contribution < 1.29 is 18.0 Å². The largest absolute Gasteiger partial charge is 0.416 e. The molecule has 3 rings (SSSR count). The van der Waals surface area contributed by atoms with E-state index in [1.54, 1.807) is 12.4 Å². The molecular weight excluding hydrogens is 367 g/mol. The van der Waals surface area contributed by atoms with E-state index in [2.05, 4.69) is 25.8 Å². The van der Waals surface area contributed by atoms with Gasteiger partial charge in [0.15, 0.2) is 0 Å². The van der Waals surface area contributed by atoms with Crippen LogP contribution in [0.3, 0.4) is 0 Å². The first-order valence-corrected chi connectivity index (χ1v) is 8.18. The molecule has 2 aromatic heterocycles. The summed E-state index contributed by atoms with van der Waals surface area (Å²) in [5.41, 5.74) is 0.181. The fourth-order valence-electron chi connectivity index (χ4n) is 2.08. The van der Waals surface area contributed by atoms with Gasteiger partial charge in [-0.15, -0.1) is 10.2 Å². The van der Waals surface area contributed by atoms with Crippen molar-refractivity contribution in [3.05, 3.63) is 64.9 Å². The molecular formula is C16H12F3N5OS. The Labute approximate surface area is 150 Å². The molecule has 3 aromatic rings. The predicted octanol–water partition coefficient (Wildman–Crippen LogP) is 4.19. The number of urea groups is 1. The Balaban J connectivity index is 1.60. The van der Waals surface area contributed by atoms with Gasteiger partial charge in [0.25, 0.3) is 0 Å². The van der Waals surface area contributed by atoms with E-state index in [0.717, 1.165) is 17.7 Å². The van der Waals surface area contributed by atoms with Crippen LogP contribution in [0, 0.1) is 0 Å². The van der Waals surface area contributed by atoms with Gasteiger partial charge >= 0.3 is 12.2 Å². The highest BCUT2D eigenvalue weighted by Crippen LogP contribution is 2.30. The topological polar surface area (TPSA) is 79.8 Å². The maximum absolute atomic E-state index is 12.7. The molecule has 6 nitrogen and oxygen atoms in total. The van der Waals surface area contributed by atoms with Crippen molar-refractivity contribution >= 4 is 28.2 Å². The minimum atomic E-state index is -4.48. The van der Waals surface area contributed by atoms with Crippen LogP contribution in [0.15, 0.2) is 48.8 Å². The van der Waals surface area contributed by atoms with E-state index in [1.165, 1.54) is 23.5 Å². The average molecular weight is 379 g/mol. The molecule has 2 heterocycles. The summed E-state index contributed by atoms with van der Waals surface area (Å²) in [5.74, 6) is 0. The van der Waals surface area contributed by atoms with Gasteiger partial charge in [0, 0.05) is 24.5 Å². The first-order chi connectivity index (χ1) is 12.4. The summed E-state index contributed by atoms with van der Waals surface area (Å²) in [6.07, 6.45) is -0.609. The number of halogens is 3. The minimum absolute atomic E-state index is 0.0267. The van der Waals surface area contributed by atoms with Crippen molar-refractivity contribution in [3.8, 4) is 0 Å². The summed E-state index contributed by atoms with van der Waals surface area (Å²) in [5, 5.41) is 13.6. The lowest BCUT2D eigenvalue weighted by Crippen LogP contribution is -2.19. The molecule has 0 radical (unpaired) electrons. The fraction of sp³-hybridized carbons (Fsp3) is 0.125. The van der Waals surface area contributed by atoms with Crippen LogP contribution >= 0.6 is 11.3 Å². The highest BCUT2D eigenvalue weighted by atomic mass is 32.1. The van der Waals surface area contributed by atoms with Crippen LogP contribution in [-0.4, -0.2) is 21.2 Å². The molecule has 0 aliphatic carbocycles. The number of rotatable bonds is 4. The van der Waals surface area contributed by atoms with E-state index in [1.807, 2.05) is 12.1 Å². The molecule has 134 valence electrons. The zero-order valence-corrected chi connectivity index (χ0v) is 13.9. The quantitative estimate of drug-likeness (QED) is 0.712. The van der Waals surface area contributed by atoms with Gasteiger partial charge in [-0.1, -0.05) is 17.4 Å². The Morgan fingerprint density at radius 2 is 1.85 bits per heavy atom. The number of alkyl halides is 3. The van der Waals surface area contributed by atoms with Crippen molar-refractivity contribution in [2.24, 2.45) is 0 Å². The van der Waals surface area contributed by atoms with Crippen LogP contribution in [-0.2, 0) is 12.6 Å². The molecule has 0 atom stereocenters. The third-order valence-corrected chi connectivity index (χ3v) is 4.08. The summed E-state index contributed by atoms with van der Waals surface area (Å²) in [4.78, 5) is 15.9. The summed E-state index contributed by atoms with van der Waals surface area (Å²) >= 11 is 1.18. The number of carbonyl (C=O) groups excluding carboxylic acids is 1. The van der Waals surface area contributed by atoms with Gasteiger partial charge in [0.2, 0.25) is 5.13 Å². The molecule has 2 N–H and O–H groups in total. The number of hydrogen-bond donors (Lipinski definition) is 2. The van der Waals surface area contributed by atoms with Crippen LogP contribution in [0.4, 0.5) is 28.8 Å². The normalized spacial score (nSPS) is 11.2. The second-order valence-electron chi connectivity index (χ2n) is 5.19. The fourth-order valence-corrected chi connectivity index (χ4v) is 2.85. The van der Waals surface area contributed by atoms with Crippen molar-refractivity contribution in [2.75, 3.05) is 10.6 Å². The van der Waals surface area contributed by atoms with E-state index in [-0.39, 0.29) is 10.8 Å². The highest BCUT2D eigenvalue weighted by Gasteiger charge is 2.30. The second kappa shape index (κ2) is 7.48. The van der Waals surface area contributed by atoms with Crippen LogP contribution in [0.1, 0.15) is 16.1 Å². The van der Waals surface area contributed by atoms with E-state index >= 15 is 0 Å². The number of hydrogen-bond acceptors (Lipinski definition) is 5. The Bertz CT molecular complexity index is 898. The average Bonchev–Trinajstić information content (AvgIpc) is 3.02. The highest BCUT2D eigenvalue weighted by molar-refractivity contribution is 7.15. The molecule has 0 aliphatic heterocycles. The molecule has 1 aromatic carbocycles. The summed E-state index contributed by atoms with van der Waals surface area (Å²) < 4.78 is 38.1. The smallest absolute Gasteiger partial charge is 0.308 e. The molecule has 0 fully saturated rings. The molecule has 26 heavy (non-hydrogen) atoms. The van der Waals surface area contributed by atoms with Crippen molar-refractivity contribution in [2.45, 2.75) is 12.6 Å². The minimum Gasteiger partial charge on any atom is -0.308 e. The second-order valence-corrected chi connectivity index (χ2v) is 6.25. The monoisotopic (exact) mass is 379 g/mol. The van der Waals surface area contributed by atoms with Crippen LogP contribution < -0.4 is 10.6 Å². The van der Waals surface area contributed by atoms with E-state index in [9.17, 15) is 18.0 Å². The van der Waals surface area contributed by atoms with E-state index in [4.69, 9.17) is 0 Å². The van der Waals surface area contributed by atoms with Crippen molar-refractivity contribution in [3.63, 3.8) is 0 Å². The maximum atomic E-state index is 12.7. The number of nitrogens with one attached hydrogen (secondary N) is 2. The van der Waals surface area contributed by atoms with Gasteiger partial charge in [-0.05, 0) is 35.9 Å². The summed E-state index contributed by atoms with van der Waals surface area (Å²) in [6, 6.07) is 7.35. The summed E-state index contributed by atoms with van der Waals surface area (Å²) in [7, 11) is 0. The van der Waals surface area contributed by atoms with Gasteiger partial charge in [0.1, 0.15) is 5.01 Å². The maximum Gasteiger partial charge on any atom is 0.416 e. The lowest BCUT2D eigenvalue weighted by molar-refractivity contribution is -0.137. The number of benzene rings is 1. The molecule has 10 heteroatoms. The third-order valence-electron chi connectivity index (χ3n) is 3.24.